The first-order valence-corrected chi connectivity index (χ1v) is 6.61. The number of nitrogens with one attached hydrogen (secondary N) is 1. The molecule has 1 saturated heterocycles. The molecule has 3 amide bonds. The van der Waals surface area contributed by atoms with E-state index in [0.717, 1.165) is 0 Å². The summed E-state index contributed by atoms with van der Waals surface area (Å²) in [4.78, 5) is 36.6. The van der Waals surface area contributed by atoms with Crippen molar-refractivity contribution in [1.29, 1.82) is 0 Å². The number of amides is 3. The molecule has 21 heavy (non-hydrogen) atoms. The molecule has 1 fully saturated rings. The normalized spacial score (nSPS) is 18.4. The Bertz CT molecular complexity index is 600. The minimum atomic E-state index is -0.706. The molecule has 0 aliphatic carbocycles. The van der Waals surface area contributed by atoms with Gasteiger partial charge >= 0.3 is 0 Å². The molecule has 0 bridgehead atoms. The molecule has 1 heterocycles. The number of hydrogen-bond donors (Lipinski definition) is 2. The fraction of sp³-hybridized carbons (Fsp3) is 0.357. The molecule has 1 aliphatic rings. The summed E-state index contributed by atoms with van der Waals surface area (Å²) in [6.07, 6.45) is 0. The van der Waals surface area contributed by atoms with Crippen LogP contribution in [0, 0.1) is 0 Å². The summed E-state index contributed by atoms with van der Waals surface area (Å²) in [6, 6.07) is 3.94. The van der Waals surface area contributed by atoms with Crippen molar-refractivity contribution in [3.05, 3.63) is 23.8 Å². The van der Waals surface area contributed by atoms with Crippen LogP contribution in [0.1, 0.15) is 24.2 Å². The minimum Gasteiger partial charge on any atom is -0.492 e. The summed E-state index contributed by atoms with van der Waals surface area (Å²) in [7, 11) is 0. The lowest BCUT2D eigenvalue weighted by molar-refractivity contribution is -0.138. The van der Waals surface area contributed by atoms with Gasteiger partial charge in [0.05, 0.1) is 12.3 Å². The van der Waals surface area contributed by atoms with E-state index in [4.69, 9.17) is 10.5 Å². The molecule has 7 nitrogen and oxygen atoms in total. The first kappa shape index (κ1) is 14.8. The average Bonchev–Trinajstić information content (AvgIpc) is 2.44. The number of carbonyl (C=O) groups is 3. The Balaban J connectivity index is 2.25. The van der Waals surface area contributed by atoms with Gasteiger partial charge < -0.3 is 15.4 Å². The van der Waals surface area contributed by atoms with Crippen molar-refractivity contribution in [3.8, 4) is 5.75 Å². The number of carbonyl (C=O) groups excluding carboxylic acids is 3. The van der Waals surface area contributed by atoms with Gasteiger partial charge in [-0.3, -0.25) is 19.7 Å². The number of nitrogen functional groups attached to an aromatic ring is 1. The van der Waals surface area contributed by atoms with E-state index in [1.807, 2.05) is 6.92 Å². The van der Waals surface area contributed by atoms with Gasteiger partial charge in [0, 0.05) is 5.56 Å². The largest absolute Gasteiger partial charge is 0.492 e. The van der Waals surface area contributed by atoms with E-state index in [2.05, 4.69) is 5.32 Å². The fourth-order valence-corrected chi connectivity index (χ4v) is 2.10. The lowest BCUT2D eigenvalue weighted by atomic mass is 10.1. The van der Waals surface area contributed by atoms with Gasteiger partial charge in [-0.25, -0.2) is 0 Å². The Morgan fingerprint density at radius 2 is 2.19 bits per heavy atom. The molecule has 112 valence electrons. The Morgan fingerprint density at radius 3 is 2.81 bits per heavy atom. The van der Waals surface area contributed by atoms with E-state index in [1.165, 1.54) is 11.0 Å². The Labute approximate surface area is 122 Å². The zero-order chi connectivity index (χ0) is 15.6. The average molecular weight is 291 g/mol. The van der Waals surface area contributed by atoms with Crippen LogP contribution in [-0.4, -0.2) is 41.8 Å². The van der Waals surface area contributed by atoms with Crippen molar-refractivity contribution in [2.75, 3.05) is 18.9 Å². The van der Waals surface area contributed by atoms with E-state index in [9.17, 15) is 14.4 Å². The van der Waals surface area contributed by atoms with Crippen LogP contribution in [0.4, 0.5) is 5.69 Å². The predicted molar refractivity (Wildman–Crippen MR) is 75.7 cm³/mol. The van der Waals surface area contributed by atoms with Gasteiger partial charge in [-0.1, -0.05) is 0 Å². The molecule has 1 unspecified atom stereocenters. The highest BCUT2D eigenvalue weighted by Gasteiger charge is 2.34. The molecule has 7 heteroatoms. The molecular formula is C14H17N3O4. The fourth-order valence-electron chi connectivity index (χ4n) is 2.10. The maximum atomic E-state index is 12.4. The lowest BCUT2D eigenvalue weighted by Crippen LogP contribution is -2.58. The minimum absolute atomic E-state index is 0.154. The van der Waals surface area contributed by atoms with Crippen molar-refractivity contribution < 1.29 is 19.1 Å². The number of nitrogens with zero attached hydrogens (tertiary/aromatic N) is 1. The Kier molecular flexibility index (Phi) is 4.11. The van der Waals surface area contributed by atoms with Crippen molar-refractivity contribution in [2.45, 2.75) is 19.9 Å². The Morgan fingerprint density at radius 1 is 1.48 bits per heavy atom. The second-order valence-corrected chi connectivity index (χ2v) is 4.71. The van der Waals surface area contributed by atoms with Crippen LogP contribution in [-0.2, 0) is 9.59 Å². The molecule has 0 aromatic heterocycles. The van der Waals surface area contributed by atoms with Gasteiger partial charge in [-0.2, -0.15) is 0 Å². The molecule has 1 aromatic carbocycles. The highest BCUT2D eigenvalue weighted by molar-refractivity contribution is 6.07. The topological polar surface area (TPSA) is 102 Å². The van der Waals surface area contributed by atoms with Crippen molar-refractivity contribution in [2.24, 2.45) is 0 Å². The van der Waals surface area contributed by atoms with E-state index in [1.54, 1.807) is 19.1 Å². The summed E-state index contributed by atoms with van der Waals surface area (Å²) in [6.45, 7) is 3.71. The van der Waals surface area contributed by atoms with Crippen molar-refractivity contribution in [3.63, 3.8) is 0 Å². The molecule has 1 atom stereocenters. The maximum absolute atomic E-state index is 12.4. The molecule has 1 aliphatic heterocycles. The highest BCUT2D eigenvalue weighted by atomic mass is 16.5. The lowest BCUT2D eigenvalue weighted by Gasteiger charge is -2.31. The number of hydrogen-bond acceptors (Lipinski definition) is 5. The van der Waals surface area contributed by atoms with Crippen LogP contribution in [0.3, 0.4) is 0 Å². The summed E-state index contributed by atoms with van der Waals surface area (Å²) >= 11 is 0. The van der Waals surface area contributed by atoms with E-state index in [-0.39, 0.29) is 6.54 Å². The molecule has 0 saturated carbocycles. The van der Waals surface area contributed by atoms with Gasteiger partial charge in [0.15, 0.2) is 0 Å². The summed E-state index contributed by atoms with van der Waals surface area (Å²) in [5.74, 6) is -0.904. The van der Waals surface area contributed by atoms with Crippen LogP contribution in [0.2, 0.25) is 0 Å². The predicted octanol–water partition coefficient (Wildman–Crippen LogP) is 0.155. The van der Waals surface area contributed by atoms with Gasteiger partial charge in [-0.05, 0) is 32.0 Å². The number of ether oxygens (including phenoxy) is 1. The molecule has 2 rings (SSSR count). The second kappa shape index (κ2) is 5.82. The zero-order valence-corrected chi connectivity index (χ0v) is 11.9. The third-order valence-electron chi connectivity index (χ3n) is 3.24. The zero-order valence-electron chi connectivity index (χ0n) is 11.9. The van der Waals surface area contributed by atoms with Crippen molar-refractivity contribution >= 4 is 23.4 Å². The van der Waals surface area contributed by atoms with Gasteiger partial charge in [0.25, 0.3) is 5.91 Å². The Hall–Kier alpha value is -2.57. The standard InChI is InChI=1S/C14H17N3O4/c1-3-21-11-5-4-9(6-10(11)15)14(20)17-7-12(18)16-13(19)8(17)2/h4-6,8H,3,7,15H2,1-2H3,(H,16,18,19). The van der Waals surface area contributed by atoms with Gasteiger partial charge in [0.1, 0.15) is 18.3 Å². The van der Waals surface area contributed by atoms with Crippen LogP contribution in [0.15, 0.2) is 18.2 Å². The van der Waals surface area contributed by atoms with E-state index >= 15 is 0 Å². The molecule has 3 N–H and O–H groups in total. The quantitative estimate of drug-likeness (QED) is 0.610. The smallest absolute Gasteiger partial charge is 0.255 e. The van der Waals surface area contributed by atoms with Crippen LogP contribution >= 0.6 is 0 Å². The number of nitrogens with two attached hydrogens (primary N) is 1. The number of piperazine rings is 1. The number of benzene rings is 1. The van der Waals surface area contributed by atoms with Gasteiger partial charge in [0.2, 0.25) is 11.8 Å². The number of rotatable bonds is 3. The van der Waals surface area contributed by atoms with Crippen LogP contribution in [0.5, 0.6) is 5.75 Å². The molecule has 0 radical (unpaired) electrons. The second-order valence-electron chi connectivity index (χ2n) is 4.71. The third kappa shape index (κ3) is 2.96. The van der Waals surface area contributed by atoms with E-state index < -0.39 is 23.8 Å². The summed E-state index contributed by atoms with van der Waals surface area (Å²) in [5, 5.41) is 2.19. The number of anilines is 1. The molecular weight excluding hydrogens is 274 g/mol. The van der Waals surface area contributed by atoms with Crippen molar-refractivity contribution in [1.82, 2.24) is 10.2 Å². The SMILES string of the molecule is CCOc1ccc(C(=O)N2CC(=O)NC(=O)C2C)cc1N. The maximum Gasteiger partial charge on any atom is 0.255 e. The summed E-state index contributed by atoms with van der Waals surface area (Å²) in [5.41, 5.74) is 6.47. The number of imide groups is 1. The highest BCUT2D eigenvalue weighted by Crippen LogP contribution is 2.24. The van der Waals surface area contributed by atoms with Gasteiger partial charge in [-0.15, -0.1) is 0 Å². The molecule has 1 aromatic rings. The van der Waals surface area contributed by atoms with Crippen LogP contribution < -0.4 is 15.8 Å². The molecule has 0 spiro atoms. The summed E-state index contributed by atoms with van der Waals surface area (Å²) < 4.78 is 5.30. The first-order chi connectivity index (χ1) is 9.93. The van der Waals surface area contributed by atoms with Crippen LogP contribution in [0.25, 0.3) is 0 Å². The monoisotopic (exact) mass is 291 g/mol. The third-order valence-corrected chi connectivity index (χ3v) is 3.24. The first-order valence-electron chi connectivity index (χ1n) is 6.61. The van der Waals surface area contributed by atoms with E-state index in [0.29, 0.717) is 23.6 Å².